The standard InChI is InChI=1S/C19H40NO6P.C2HF3O2/c1-5-24-27(23,25-6-2)26-18-17-20(3,4)16-14-12-10-8-7-9-11-13-15-19(21)22;3-2(4,5)1(6)7/h5-18H2,1-4H3;(H,6,7). The van der Waals surface area contributed by atoms with Gasteiger partial charge >= 0.3 is 20.0 Å². The Balaban J connectivity index is 0. The Bertz CT molecular complexity index is 593. The number of quaternary nitrogens is 1. The number of aliphatic carboxylic acids is 2. The summed E-state index contributed by atoms with van der Waals surface area (Å²) in [6.45, 7) is 6.30. The van der Waals surface area contributed by atoms with Crippen LogP contribution in [0, 0.1) is 0 Å². The molecule has 0 aromatic rings. The minimum Gasteiger partial charge on any atom is -0.542 e. The molecule has 0 aliphatic carbocycles. The number of unbranched alkanes of at least 4 members (excludes halogenated alkanes) is 7. The van der Waals surface area contributed by atoms with Crippen LogP contribution in [0.15, 0.2) is 0 Å². The topological polar surface area (TPSA) is 122 Å². The normalized spacial score (nSPS) is 12.2. The molecule has 0 aliphatic rings. The van der Waals surface area contributed by atoms with E-state index in [1.165, 1.54) is 25.7 Å². The largest absolute Gasteiger partial charge is 0.542 e. The highest BCUT2D eigenvalue weighted by Gasteiger charge is 2.29. The maximum Gasteiger partial charge on any atom is 0.474 e. The van der Waals surface area contributed by atoms with Crippen molar-refractivity contribution in [3.05, 3.63) is 0 Å². The number of likely N-dealkylation sites (N-methyl/N-ethyl adjacent to an activating group) is 1. The van der Waals surface area contributed by atoms with Crippen LogP contribution in [0.5, 0.6) is 0 Å². The highest BCUT2D eigenvalue weighted by molar-refractivity contribution is 7.48. The molecule has 0 aromatic heterocycles. The first-order chi connectivity index (χ1) is 15.7. The second-order valence-electron chi connectivity index (χ2n) is 8.26. The summed E-state index contributed by atoms with van der Waals surface area (Å²) >= 11 is 0. The van der Waals surface area contributed by atoms with Crippen LogP contribution in [0.1, 0.15) is 71.6 Å². The van der Waals surface area contributed by atoms with E-state index >= 15 is 0 Å². The van der Waals surface area contributed by atoms with E-state index < -0.39 is 25.9 Å². The first-order valence-corrected chi connectivity index (χ1v) is 13.0. The molecule has 0 amide bonds. The molecule has 0 bridgehead atoms. The van der Waals surface area contributed by atoms with Gasteiger partial charge in [-0.05, 0) is 33.1 Å². The van der Waals surface area contributed by atoms with Crippen LogP contribution in [0.25, 0.3) is 0 Å². The van der Waals surface area contributed by atoms with Crippen molar-refractivity contribution >= 4 is 19.8 Å². The highest BCUT2D eigenvalue weighted by Crippen LogP contribution is 2.49. The SMILES string of the molecule is CCOP(=O)(OCC)OCC[N+](C)(C)CCCCCCCCCCC(=O)O.O=C([O-])C(F)(F)F. The maximum atomic E-state index is 12.3. The number of rotatable bonds is 19. The average molecular weight is 524 g/mol. The van der Waals surface area contributed by atoms with Gasteiger partial charge in [0.15, 0.2) is 0 Å². The van der Waals surface area contributed by atoms with Crippen LogP contribution in [0.4, 0.5) is 13.2 Å². The number of nitrogens with zero attached hydrogens (tertiary/aromatic N) is 1. The monoisotopic (exact) mass is 523 g/mol. The zero-order valence-corrected chi connectivity index (χ0v) is 21.6. The van der Waals surface area contributed by atoms with Gasteiger partial charge in [-0.3, -0.25) is 18.4 Å². The number of carboxylic acids is 2. The van der Waals surface area contributed by atoms with Crippen molar-refractivity contribution in [1.82, 2.24) is 0 Å². The fraction of sp³-hybridized carbons (Fsp3) is 0.905. The number of phosphoric acid groups is 1. The summed E-state index contributed by atoms with van der Waals surface area (Å²) in [6, 6.07) is 0. The third-order valence-electron chi connectivity index (χ3n) is 4.66. The zero-order chi connectivity index (χ0) is 26.7. The Morgan fingerprint density at radius 1 is 0.853 bits per heavy atom. The summed E-state index contributed by atoms with van der Waals surface area (Å²) in [7, 11) is 0.896. The van der Waals surface area contributed by atoms with Crippen LogP contribution >= 0.6 is 7.82 Å². The highest BCUT2D eigenvalue weighted by atomic mass is 31.2. The van der Waals surface area contributed by atoms with Crippen molar-refractivity contribution in [2.45, 2.75) is 77.8 Å². The molecule has 13 heteroatoms. The van der Waals surface area contributed by atoms with Gasteiger partial charge in [-0.2, -0.15) is 13.2 Å². The minimum absolute atomic E-state index is 0.293. The molecule has 0 aromatic carbocycles. The number of carbonyl (C=O) groups excluding carboxylic acids is 1. The molecule has 0 rings (SSSR count). The maximum absolute atomic E-state index is 12.3. The van der Waals surface area contributed by atoms with E-state index in [0.717, 1.165) is 43.3 Å². The fourth-order valence-electron chi connectivity index (χ4n) is 2.82. The molecule has 1 N–H and O–H groups in total. The number of hydrogen-bond acceptors (Lipinski definition) is 7. The molecule has 204 valence electrons. The molecule has 0 spiro atoms. The van der Waals surface area contributed by atoms with Gasteiger partial charge in [0.25, 0.3) is 0 Å². The zero-order valence-electron chi connectivity index (χ0n) is 20.7. The lowest BCUT2D eigenvalue weighted by Crippen LogP contribution is -2.43. The van der Waals surface area contributed by atoms with E-state index in [1.807, 2.05) is 0 Å². The molecule has 0 aliphatic heterocycles. The molecule has 0 radical (unpaired) electrons. The molecular weight excluding hydrogens is 482 g/mol. The van der Waals surface area contributed by atoms with Crippen LogP contribution in [-0.2, 0) is 27.7 Å². The Hall–Kier alpha value is -1.20. The van der Waals surface area contributed by atoms with Gasteiger partial charge in [0.1, 0.15) is 19.1 Å². The quantitative estimate of drug-likeness (QED) is 0.152. The van der Waals surface area contributed by atoms with Crippen molar-refractivity contribution in [1.29, 1.82) is 0 Å². The third-order valence-corrected chi connectivity index (χ3v) is 6.30. The Labute approximate surface area is 200 Å². The van der Waals surface area contributed by atoms with E-state index in [-0.39, 0.29) is 0 Å². The summed E-state index contributed by atoms with van der Waals surface area (Å²) < 4.78 is 60.3. The predicted octanol–water partition coefficient (Wildman–Crippen LogP) is 4.15. The smallest absolute Gasteiger partial charge is 0.474 e. The van der Waals surface area contributed by atoms with E-state index in [4.69, 9.17) is 28.6 Å². The van der Waals surface area contributed by atoms with E-state index in [9.17, 15) is 22.5 Å². The number of carbonyl (C=O) groups is 2. The molecule has 0 fully saturated rings. The summed E-state index contributed by atoms with van der Waals surface area (Å²) in [4.78, 5) is 19.2. The third kappa shape index (κ3) is 22.6. The van der Waals surface area contributed by atoms with Crippen molar-refractivity contribution in [2.24, 2.45) is 0 Å². The Morgan fingerprint density at radius 2 is 1.26 bits per heavy atom. The van der Waals surface area contributed by atoms with Crippen LogP contribution in [-0.4, -0.2) is 74.7 Å². The fourth-order valence-corrected chi connectivity index (χ4v) is 3.98. The van der Waals surface area contributed by atoms with Crippen molar-refractivity contribution in [3.63, 3.8) is 0 Å². The van der Waals surface area contributed by atoms with Gasteiger partial charge in [-0.15, -0.1) is 0 Å². The lowest BCUT2D eigenvalue weighted by Gasteiger charge is -2.30. The van der Waals surface area contributed by atoms with Gasteiger partial charge < -0.3 is 19.5 Å². The average Bonchev–Trinajstić information content (AvgIpc) is 2.69. The second kappa shape index (κ2) is 19.0. The second-order valence-corrected chi connectivity index (χ2v) is 9.93. The minimum atomic E-state index is -5.19. The lowest BCUT2D eigenvalue weighted by molar-refractivity contribution is -0.890. The molecule has 0 heterocycles. The molecular formula is C21H41F3NO8P. The summed E-state index contributed by atoms with van der Waals surface area (Å²) in [5, 5.41) is 17.4. The van der Waals surface area contributed by atoms with E-state index in [1.54, 1.807) is 13.8 Å². The van der Waals surface area contributed by atoms with Gasteiger partial charge in [-0.1, -0.05) is 32.1 Å². The number of halogens is 3. The number of carboxylic acid groups (broad SMARTS) is 2. The first kappa shape index (κ1) is 35.0. The van der Waals surface area contributed by atoms with Crippen molar-refractivity contribution in [2.75, 3.05) is 47.0 Å². The summed E-state index contributed by atoms with van der Waals surface area (Å²) in [6.07, 6.45) is 4.03. The number of hydrogen-bond donors (Lipinski definition) is 1. The lowest BCUT2D eigenvalue weighted by atomic mass is 10.1. The van der Waals surface area contributed by atoms with Crippen LogP contribution in [0.3, 0.4) is 0 Å². The van der Waals surface area contributed by atoms with Gasteiger partial charge in [0.2, 0.25) is 0 Å². The van der Waals surface area contributed by atoms with Gasteiger partial charge in [0.05, 0.1) is 33.9 Å². The molecule has 34 heavy (non-hydrogen) atoms. The van der Waals surface area contributed by atoms with Gasteiger partial charge in [-0.25, -0.2) is 4.57 Å². The Kier molecular flexibility index (Phi) is 19.6. The van der Waals surface area contributed by atoms with E-state index in [0.29, 0.717) is 26.2 Å². The molecule has 9 nitrogen and oxygen atoms in total. The summed E-state index contributed by atoms with van der Waals surface area (Å²) in [5.74, 6) is -3.70. The first-order valence-electron chi connectivity index (χ1n) is 11.5. The van der Waals surface area contributed by atoms with Crippen LogP contribution in [0.2, 0.25) is 0 Å². The molecule has 0 saturated carbocycles. The molecule has 0 atom stereocenters. The molecule has 0 saturated heterocycles. The van der Waals surface area contributed by atoms with Crippen molar-refractivity contribution < 1.29 is 55.6 Å². The summed E-state index contributed by atoms with van der Waals surface area (Å²) in [5.41, 5.74) is 0. The number of phosphoric ester groups is 1. The van der Waals surface area contributed by atoms with Gasteiger partial charge in [0, 0.05) is 6.42 Å². The Morgan fingerprint density at radius 3 is 1.65 bits per heavy atom. The van der Waals surface area contributed by atoms with Crippen molar-refractivity contribution in [3.8, 4) is 0 Å². The predicted molar refractivity (Wildman–Crippen MR) is 119 cm³/mol. The van der Waals surface area contributed by atoms with E-state index in [2.05, 4.69) is 14.1 Å². The van der Waals surface area contributed by atoms with Crippen LogP contribution < -0.4 is 5.11 Å². The number of alkyl halides is 3. The molecule has 0 unspecified atom stereocenters.